The molecule has 1 N–H and O–H groups in total. The van der Waals surface area contributed by atoms with Crippen LogP contribution in [-0.4, -0.2) is 11.4 Å². The summed E-state index contributed by atoms with van der Waals surface area (Å²) in [5.41, 5.74) is -0.553. The van der Waals surface area contributed by atoms with Gasteiger partial charge < -0.3 is 5.32 Å². The quantitative estimate of drug-likeness (QED) is 0.743. The summed E-state index contributed by atoms with van der Waals surface area (Å²) in [6.45, 7) is 0. The van der Waals surface area contributed by atoms with Gasteiger partial charge in [0.15, 0.2) is 0 Å². The molecule has 2 aliphatic carbocycles. The normalized spacial score (nSPS) is 24.2. The summed E-state index contributed by atoms with van der Waals surface area (Å²) in [5.74, 6) is 0.687. The van der Waals surface area contributed by atoms with Gasteiger partial charge in [0.2, 0.25) is 5.91 Å². The first-order chi connectivity index (χ1) is 7.74. The Morgan fingerprint density at radius 3 is 2.38 bits per heavy atom. The van der Waals surface area contributed by atoms with E-state index in [4.69, 9.17) is 0 Å². The summed E-state index contributed by atoms with van der Waals surface area (Å²) in [5, 5.41) is 12.3. The van der Waals surface area contributed by atoms with Gasteiger partial charge in [0.1, 0.15) is 5.54 Å². The van der Waals surface area contributed by atoms with Crippen molar-refractivity contribution in [1.29, 1.82) is 5.26 Å². The van der Waals surface area contributed by atoms with Gasteiger partial charge in [-0.25, -0.2) is 0 Å². The van der Waals surface area contributed by atoms with E-state index in [1.165, 1.54) is 25.7 Å². The van der Waals surface area contributed by atoms with Crippen molar-refractivity contribution in [3.8, 4) is 6.07 Å². The predicted octanol–water partition coefficient (Wildman–Crippen LogP) is 2.52. The number of carbonyl (C=O) groups excluding carboxylic acids is 1. The van der Waals surface area contributed by atoms with Gasteiger partial charge in [0, 0.05) is 6.42 Å². The van der Waals surface area contributed by atoms with Gasteiger partial charge in [0.25, 0.3) is 0 Å². The fourth-order valence-electron chi connectivity index (χ4n) is 2.50. The molecule has 0 atom stereocenters. The fraction of sp³-hybridized carbons (Fsp3) is 0.846. The van der Waals surface area contributed by atoms with E-state index in [1.54, 1.807) is 0 Å². The second kappa shape index (κ2) is 4.86. The van der Waals surface area contributed by atoms with Gasteiger partial charge in [-0.2, -0.15) is 5.26 Å². The van der Waals surface area contributed by atoms with Gasteiger partial charge in [-0.3, -0.25) is 4.79 Å². The molecular formula is C13H20N2O. The van der Waals surface area contributed by atoms with Crippen molar-refractivity contribution < 1.29 is 4.79 Å². The molecule has 2 rings (SSSR count). The maximum Gasteiger partial charge on any atom is 0.221 e. The van der Waals surface area contributed by atoms with E-state index >= 15 is 0 Å². The van der Waals surface area contributed by atoms with E-state index < -0.39 is 5.54 Å². The molecule has 2 saturated carbocycles. The molecule has 0 aromatic carbocycles. The van der Waals surface area contributed by atoms with Gasteiger partial charge in [-0.1, -0.05) is 25.7 Å². The molecule has 0 spiro atoms. The van der Waals surface area contributed by atoms with Crippen LogP contribution in [0.15, 0.2) is 0 Å². The van der Waals surface area contributed by atoms with Crippen molar-refractivity contribution in [3.05, 3.63) is 0 Å². The molecule has 0 aliphatic heterocycles. The molecule has 0 bridgehead atoms. The smallest absolute Gasteiger partial charge is 0.221 e. The molecule has 2 fully saturated rings. The lowest BCUT2D eigenvalue weighted by Crippen LogP contribution is -2.47. The van der Waals surface area contributed by atoms with Crippen molar-refractivity contribution in [2.75, 3.05) is 0 Å². The summed E-state index contributed by atoms with van der Waals surface area (Å²) < 4.78 is 0. The van der Waals surface area contributed by atoms with Crippen molar-refractivity contribution in [2.24, 2.45) is 5.92 Å². The van der Waals surface area contributed by atoms with E-state index in [0.29, 0.717) is 12.3 Å². The van der Waals surface area contributed by atoms with Crippen LogP contribution in [0.4, 0.5) is 0 Å². The van der Waals surface area contributed by atoms with E-state index in [-0.39, 0.29) is 5.91 Å². The maximum absolute atomic E-state index is 11.8. The molecule has 0 heterocycles. The largest absolute Gasteiger partial charge is 0.338 e. The summed E-state index contributed by atoms with van der Waals surface area (Å²) >= 11 is 0. The lowest BCUT2D eigenvalue weighted by atomic mass is 9.91. The van der Waals surface area contributed by atoms with E-state index in [9.17, 15) is 10.1 Å². The van der Waals surface area contributed by atoms with Crippen LogP contribution in [0.2, 0.25) is 0 Å². The number of rotatable bonds is 3. The van der Waals surface area contributed by atoms with Crippen molar-refractivity contribution >= 4 is 5.91 Å². The number of hydrogen-bond acceptors (Lipinski definition) is 2. The summed E-state index contributed by atoms with van der Waals surface area (Å²) in [6.07, 6.45) is 9.20. The third-order valence-electron chi connectivity index (χ3n) is 3.72. The van der Waals surface area contributed by atoms with Crippen molar-refractivity contribution in [3.63, 3.8) is 0 Å². The molecule has 3 heteroatoms. The molecule has 0 unspecified atom stereocenters. The van der Waals surface area contributed by atoms with E-state index in [1.807, 2.05) is 0 Å². The Labute approximate surface area is 97.2 Å². The Morgan fingerprint density at radius 1 is 1.25 bits per heavy atom. The predicted molar refractivity (Wildman–Crippen MR) is 61.5 cm³/mol. The molecule has 88 valence electrons. The van der Waals surface area contributed by atoms with Crippen LogP contribution in [-0.2, 0) is 4.79 Å². The lowest BCUT2D eigenvalue weighted by Gasteiger charge is -2.26. The molecule has 0 radical (unpaired) electrons. The minimum atomic E-state index is -0.553. The van der Waals surface area contributed by atoms with Gasteiger partial charge in [-0.15, -0.1) is 0 Å². The van der Waals surface area contributed by atoms with Gasteiger partial charge in [0.05, 0.1) is 6.07 Å². The number of carbonyl (C=O) groups is 1. The molecular weight excluding hydrogens is 200 g/mol. The van der Waals surface area contributed by atoms with Crippen LogP contribution in [0, 0.1) is 17.2 Å². The maximum atomic E-state index is 11.8. The number of amides is 1. The Morgan fingerprint density at radius 2 is 1.88 bits per heavy atom. The molecule has 2 aliphatic rings. The average Bonchev–Trinajstić information content (AvgIpc) is 3.06. The monoisotopic (exact) mass is 220 g/mol. The second-order valence-electron chi connectivity index (χ2n) is 5.30. The molecule has 0 saturated heterocycles. The number of nitrogens with one attached hydrogen (secondary N) is 1. The third-order valence-corrected chi connectivity index (χ3v) is 3.72. The minimum Gasteiger partial charge on any atom is -0.338 e. The zero-order valence-electron chi connectivity index (χ0n) is 9.80. The van der Waals surface area contributed by atoms with Crippen LogP contribution < -0.4 is 5.32 Å². The first kappa shape index (κ1) is 11.4. The Bertz CT molecular complexity index is 294. The summed E-state index contributed by atoms with van der Waals surface area (Å²) in [7, 11) is 0. The lowest BCUT2D eigenvalue weighted by molar-refractivity contribution is -0.122. The highest BCUT2D eigenvalue weighted by Crippen LogP contribution is 2.33. The van der Waals surface area contributed by atoms with Crippen LogP contribution in [0.5, 0.6) is 0 Å². The molecule has 16 heavy (non-hydrogen) atoms. The van der Waals surface area contributed by atoms with Crippen LogP contribution in [0.3, 0.4) is 0 Å². The SMILES string of the molecule is N#CC1(NC(=O)CC2CC2)CCCCCC1. The summed E-state index contributed by atoms with van der Waals surface area (Å²) in [6, 6.07) is 2.35. The summed E-state index contributed by atoms with van der Waals surface area (Å²) in [4.78, 5) is 11.8. The molecule has 1 amide bonds. The highest BCUT2D eigenvalue weighted by atomic mass is 16.1. The van der Waals surface area contributed by atoms with Gasteiger partial charge in [-0.05, 0) is 31.6 Å². The van der Waals surface area contributed by atoms with Crippen molar-refractivity contribution in [2.45, 2.75) is 63.3 Å². The number of hydrogen-bond donors (Lipinski definition) is 1. The second-order valence-corrected chi connectivity index (χ2v) is 5.30. The first-order valence-electron chi connectivity index (χ1n) is 6.46. The van der Waals surface area contributed by atoms with Gasteiger partial charge >= 0.3 is 0 Å². The highest BCUT2D eigenvalue weighted by molar-refractivity contribution is 5.77. The number of nitriles is 1. The Balaban J connectivity index is 1.91. The standard InChI is InChI=1S/C13H20N2O/c14-10-13(7-3-1-2-4-8-13)15-12(16)9-11-5-6-11/h11H,1-9H2,(H,15,16). The topological polar surface area (TPSA) is 52.9 Å². The van der Waals surface area contributed by atoms with Crippen LogP contribution in [0.1, 0.15) is 57.8 Å². The number of nitrogens with zero attached hydrogens (tertiary/aromatic N) is 1. The van der Waals surface area contributed by atoms with Crippen LogP contribution >= 0.6 is 0 Å². The Kier molecular flexibility index (Phi) is 3.48. The average molecular weight is 220 g/mol. The highest BCUT2D eigenvalue weighted by Gasteiger charge is 2.34. The fourth-order valence-corrected chi connectivity index (χ4v) is 2.50. The van der Waals surface area contributed by atoms with E-state index in [0.717, 1.165) is 25.7 Å². The first-order valence-corrected chi connectivity index (χ1v) is 6.46. The minimum absolute atomic E-state index is 0.0888. The zero-order valence-corrected chi connectivity index (χ0v) is 9.80. The van der Waals surface area contributed by atoms with Crippen molar-refractivity contribution in [1.82, 2.24) is 5.32 Å². The molecule has 0 aromatic rings. The molecule has 3 nitrogen and oxygen atoms in total. The Hall–Kier alpha value is -1.04. The van der Waals surface area contributed by atoms with Crippen LogP contribution in [0.25, 0.3) is 0 Å². The zero-order chi connectivity index (χ0) is 11.4. The molecule has 0 aromatic heterocycles. The third kappa shape index (κ3) is 2.98. The van der Waals surface area contributed by atoms with E-state index in [2.05, 4.69) is 11.4 Å².